The summed E-state index contributed by atoms with van der Waals surface area (Å²) in [6.07, 6.45) is 4.95. The first-order chi connectivity index (χ1) is 15.2. The van der Waals surface area contributed by atoms with Crippen molar-refractivity contribution in [3.63, 3.8) is 0 Å². The predicted molar refractivity (Wildman–Crippen MR) is 121 cm³/mol. The summed E-state index contributed by atoms with van der Waals surface area (Å²) in [5, 5.41) is 4.33. The van der Waals surface area contributed by atoms with E-state index in [-0.39, 0.29) is 0 Å². The Morgan fingerprint density at radius 3 is 2.61 bits per heavy atom. The van der Waals surface area contributed by atoms with Gasteiger partial charge in [0.25, 0.3) is 0 Å². The molecule has 152 valence electrons. The third-order valence-electron chi connectivity index (χ3n) is 4.99. The molecule has 0 bridgehead atoms. The van der Waals surface area contributed by atoms with E-state index in [9.17, 15) is 0 Å². The Balaban J connectivity index is 1.43. The summed E-state index contributed by atoms with van der Waals surface area (Å²) in [7, 11) is 0. The highest BCUT2D eigenvalue weighted by molar-refractivity contribution is 5.93. The van der Waals surface area contributed by atoms with Crippen LogP contribution in [0, 0.1) is 13.8 Å². The van der Waals surface area contributed by atoms with Gasteiger partial charge in [-0.05, 0) is 80.1 Å². The molecule has 0 spiro atoms. The molecule has 3 aromatic heterocycles. The van der Waals surface area contributed by atoms with Crippen molar-refractivity contribution in [1.82, 2.24) is 15.0 Å². The van der Waals surface area contributed by atoms with Crippen LogP contribution in [0.2, 0.25) is 0 Å². The third kappa shape index (κ3) is 3.96. The third-order valence-corrected chi connectivity index (χ3v) is 4.99. The molecule has 0 saturated carbocycles. The van der Waals surface area contributed by atoms with E-state index in [1.165, 1.54) is 0 Å². The van der Waals surface area contributed by atoms with E-state index in [0.717, 1.165) is 50.7 Å². The number of pyridine rings is 1. The lowest BCUT2D eigenvalue weighted by molar-refractivity contribution is 0.476. The van der Waals surface area contributed by atoms with Gasteiger partial charge >= 0.3 is 0 Å². The Bertz CT molecular complexity index is 1350. The quantitative estimate of drug-likeness (QED) is 0.361. The summed E-state index contributed by atoms with van der Waals surface area (Å²) < 4.78 is 11.5. The maximum atomic E-state index is 5.97. The zero-order valence-electron chi connectivity index (χ0n) is 17.2. The molecule has 2 aromatic carbocycles. The van der Waals surface area contributed by atoms with Crippen LogP contribution < -0.4 is 10.1 Å². The lowest BCUT2D eigenvalue weighted by Crippen LogP contribution is -1.97. The lowest BCUT2D eigenvalue weighted by Gasteiger charge is -2.13. The van der Waals surface area contributed by atoms with Gasteiger partial charge in [0.1, 0.15) is 29.4 Å². The van der Waals surface area contributed by atoms with Crippen LogP contribution in [0.15, 0.2) is 83.9 Å². The Morgan fingerprint density at radius 2 is 1.84 bits per heavy atom. The molecule has 6 nitrogen and oxygen atoms in total. The first-order valence-electron chi connectivity index (χ1n) is 9.92. The van der Waals surface area contributed by atoms with E-state index in [1.807, 2.05) is 74.5 Å². The molecular formula is C25H20N4O2. The molecular weight excluding hydrogens is 388 g/mol. The highest BCUT2D eigenvalue weighted by atomic mass is 16.5. The largest absolute Gasteiger partial charge is 0.464 e. The van der Waals surface area contributed by atoms with Crippen molar-refractivity contribution >= 4 is 22.4 Å². The molecule has 0 unspecified atom stereocenters. The van der Waals surface area contributed by atoms with Gasteiger partial charge in [-0.2, -0.15) is 0 Å². The summed E-state index contributed by atoms with van der Waals surface area (Å²) in [6, 6.07) is 19.6. The fourth-order valence-corrected chi connectivity index (χ4v) is 3.37. The molecule has 1 N–H and O–H groups in total. The van der Waals surface area contributed by atoms with Crippen LogP contribution in [-0.2, 0) is 0 Å². The number of anilines is 2. The molecule has 3 heterocycles. The SMILES string of the molecule is Cc1ccc(Oc2ccc(Nc3ncnc4ccc(-c5ccco5)cc34)cc2C)cn1. The molecule has 5 aromatic rings. The summed E-state index contributed by atoms with van der Waals surface area (Å²) >= 11 is 0. The summed E-state index contributed by atoms with van der Waals surface area (Å²) in [6.45, 7) is 3.96. The van der Waals surface area contributed by atoms with Crippen molar-refractivity contribution in [2.45, 2.75) is 13.8 Å². The van der Waals surface area contributed by atoms with Crippen LogP contribution >= 0.6 is 0 Å². The Kier molecular flexibility index (Phi) is 4.80. The van der Waals surface area contributed by atoms with Crippen LogP contribution in [0.1, 0.15) is 11.3 Å². The van der Waals surface area contributed by atoms with E-state index in [2.05, 4.69) is 20.3 Å². The Morgan fingerprint density at radius 1 is 0.903 bits per heavy atom. The second-order valence-corrected chi connectivity index (χ2v) is 7.27. The molecule has 0 amide bonds. The van der Waals surface area contributed by atoms with Gasteiger partial charge in [0.2, 0.25) is 0 Å². The first-order valence-corrected chi connectivity index (χ1v) is 9.92. The van der Waals surface area contributed by atoms with Gasteiger partial charge in [-0.3, -0.25) is 4.98 Å². The number of nitrogens with zero attached hydrogens (tertiary/aromatic N) is 3. The van der Waals surface area contributed by atoms with Crippen LogP contribution in [0.25, 0.3) is 22.2 Å². The van der Waals surface area contributed by atoms with E-state index in [1.54, 1.807) is 18.8 Å². The van der Waals surface area contributed by atoms with Gasteiger partial charge in [-0.1, -0.05) is 0 Å². The average molecular weight is 408 g/mol. The van der Waals surface area contributed by atoms with Gasteiger partial charge < -0.3 is 14.5 Å². The standard InChI is InChI=1S/C25H20N4O2/c1-16-12-19(7-10-23(16)31-20-8-5-17(2)26-14-20)29-25-21-13-18(24-4-3-11-30-24)6-9-22(21)27-15-28-25/h3-15H,1-2H3,(H,27,28,29). The number of aromatic nitrogens is 3. The molecule has 31 heavy (non-hydrogen) atoms. The monoisotopic (exact) mass is 408 g/mol. The van der Waals surface area contributed by atoms with Crippen LogP contribution in [0.5, 0.6) is 11.5 Å². The van der Waals surface area contributed by atoms with Crippen molar-refractivity contribution in [2.75, 3.05) is 5.32 Å². The molecule has 0 radical (unpaired) electrons. The van der Waals surface area contributed by atoms with Crippen molar-refractivity contribution in [2.24, 2.45) is 0 Å². The second-order valence-electron chi connectivity index (χ2n) is 7.27. The topological polar surface area (TPSA) is 73.1 Å². The number of hydrogen-bond donors (Lipinski definition) is 1. The van der Waals surface area contributed by atoms with Gasteiger partial charge in [-0.25, -0.2) is 9.97 Å². The number of hydrogen-bond acceptors (Lipinski definition) is 6. The molecule has 5 rings (SSSR count). The minimum absolute atomic E-state index is 0.710. The van der Waals surface area contributed by atoms with E-state index in [4.69, 9.17) is 9.15 Å². The van der Waals surface area contributed by atoms with Crippen molar-refractivity contribution in [3.8, 4) is 22.8 Å². The molecule has 6 heteroatoms. The fraction of sp³-hybridized carbons (Fsp3) is 0.0800. The second kappa shape index (κ2) is 7.91. The zero-order valence-corrected chi connectivity index (χ0v) is 17.2. The maximum absolute atomic E-state index is 5.97. The normalized spacial score (nSPS) is 10.9. The number of ether oxygens (including phenoxy) is 1. The molecule has 0 aliphatic heterocycles. The van der Waals surface area contributed by atoms with Crippen LogP contribution in [-0.4, -0.2) is 15.0 Å². The Hall–Kier alpha value is -4.19. The first kappa shape index (κ1) is 18.8. The summed E-state index contributed by atoms with van der Waals surface area (Å²) in [5.41, 5.74) is 4.70. The number of nitrogens with one attached hydrogen (secondary N) is 1. The smallest absolute Gasteiger partial charge is 0.145 e. The molecule has 0 saturated heterocycles. The number of benzene rings is 2. The van der Waals surface area contributed by atoms with Gasteiger partial charge in [-0.15, -0.1) is 0 Å². The highest BCUT2D eigenvalue weighted by Gasteiger charge is 2.09. The van der Waals surface area contributed by atoms with Crippen molar-refractivity contribution in [3.05, 3.63) is 90.7 Å². The zero-order chi connectivity index (χ0) is 21.2. The van der Waals surface area contributed by atoms with Gasteiger partial charge in [0.15, 0.2) is 0 Å². The molecule has 0 atom stereocenters. The number of rotatable bonds is 5. The Labute approximate surface area is 179 Å². The average Bonchev–Trinajstić information content (AvgIpc) is 3.32. The van der Waals surface area contributed by atoms with Crippen molar-refractivity contribution in [1.29, 1.82) is 0 Å². The predicted octanol–water partition coefficient (Wildman–Crippen LogP) is 6.44. The van der Waals surface area contributed by atoms with Crippen LogP contribution in [0.4, 0.5) is 11.5 Å². The van der Waals surface area contributed by atoms with Gasteiger partial charge in [0, 0.05) is 22.3 Å². The maximum Gasteiger partial charge on any atom is 0.145 e. The summed E-state index contributed by atoms with van der Waals surface area (Å²) in [5.74, 6) is 3.03. The number of furan rings is 1. The van der Waals surface area contributed by atoms with Gasteiger partial charge in [0.05, 0.1) is 18.0 Å². The highest BCUT2D eigenvalue weighted by Crippen LogP contribution is 2.31. The lowest BCUT2D eigenvalue weighted by atomic mass is 10.1. The fourth-order valence-electron chi connectivity index (χ4n) is 3.37. The molecule has 0 aliphatic carbocycles. The number of fused-ring (bicyclic) bond motifs is 1. The van der Waals surface area contributed by atoms with E-state index in [0.29, 0.717) is 5.75 Å². The van der Waals surface area contributed by atoms with E-state index >= 15 is 0 Å². The number of aryl methyl sites for hydroxylation is 2. The summed E-state index contributed by atoms with van der Waals surface area (Å²) in [4.78, 5) is 13.1. The molecule has 0 fully saturated rings. The van der Waals surface area contributed by atoms with E-state index < -0.39 is 0 Å². The van der Waals surface area contributed by atoms with Crippen LogP contribution in [0.3, 0.4) is 0 Å². The molecule has 0 aliphatic rings. The minimum atomic E-state index is 0.710. The van der Waals surface area contributed by atoms with Crippen molar-refractivity contribution < 1.29 is 9.15 Å². The minimum Gasteiger partial charge on any atom is -0.464 e.